The number of hydrogen-bond donors (Lipinski definition) is 1. The normalized spacial score (nSPS) is 13.7. The number of para-hydroxylation sites is 1. The van der Waals surface area contributed by atoms with Gasteiger partial charge in [-0.15, -0.1) is 11.3 Å². The Labute approximate surface area is 203 Å². The second-order valence-electron chi connectivity index (χ2n) is 9.20. The van der Waals surface area contributed by atoms with Crippen LogP contribution in [0.25, 0.3) is 31.3 Å². The zero-order chi connectivity index (χ0) is 22.7. The van der Waals surface area contributed by atoms with Gasteiger partial charge in [0.1, 0.15) is 0 Å². The highest BCUT2D eigenvalue weighted by molar-refractivity contribution is 7.25. The third-order valence-corrected chi connectivity index (χ3v) is 8.48. The summed E-state index contributed by atoms with van der Waals surface area (Å²) in [6, 6.07) is 41.9. The first-order chi connectivity index (χ1) is 16.7. The van der Waals surface area contributed by atoms with Crippen molar-refractivity contribution < 1.29 is 0 Å². The van der Waals surface area contributed by atoms with E-state index in [1.807, 2.05) is 11.3 Å². The third kappa shape index (κ3) is 2.72. The summed E-state index contributed by atoms with van der Waals surface area (Å²) >= 11 is 1.86. The molecule has 0 amide bonds. The lowest BCUT2D eigenvalue weighted by Gasteiger charge is -2.30. The summed E-state index contributed by atoms with van der Waals surface area (Å²) in [6.45, 7) is 2.37. The van der Waals surface area contributed by atoms with Crippen molar-refractivity contribution in [3.8, 4) is 11.1 Å². The minimum atomic E-state index is -0.224. The number of nitrogens with one attached hydrogen (secondary N) is 1. The lowest BCUT2D eigenvalue weighted by atomic mass is 9.73. The molecule has 0 unspecified atom stereocenters. The van der Waals surface area contributed by atoms with Crippen molar-refractivity contribution in [2.75, 3.05) is 5.32 Å². The van der Waals surface area contributed by atoms with Crippen molar-refractivity contribution in [3.05, 3.63) is 132 Å². The fourth-order valence-electron chi connectivity index (χ4n) is 5.73. The van der Waals surface area contributed by atoms with Crippen molar-refractivity contribution in [2.45, 2.75) is 12.3 Å². The molecule has 0 saturated carbocycles. The summed E-state index contributed by atoms with van der Waals surface area (Å²) in [6.07, 6.45) is 0. The van der Waals surface area contributed by atoms with E-state index in [2.05, 4.69) is 128 Å². The fourth-order valence-corrected chi connectivity index (χ4v) is 6.88. The highest BCUT2D eigenvalue weighted by Gasteiger charge is 2.41. The molecule has 2 heteroatoms. The van der Waals surface area contributed by atoms with E-state index >= 15 is 0 Å². The van der Waals surface area contributed by atoms with Crippen LogP contribution in [0, 0.1) is 0 Å². The maximum Gasteiger partial charge on any atom is 0.0456 e. The zero-order valence-corrected chi connectivity index (χ0v) is 19.7. The average Bonchev–Trinajstić information content (AvgIpc) is 3.38. The van der Waals surface area contributed by atoms with E-state index in [0.717, 1.165) is 11.4 Å². The van der Waals surface area contributed by atoms with E-state index < -0.39 is 0 Å². The molecule has 1 aromatic heterocycles. The van der Waals surface area contributed by atoms with Crippen LogP contribution in [0.5, 0.6) is 0 Å². The summed E-state index contributed by atoms with van der Waals surface area (Å²) < 4.78 is 2.65. The average molecular weight is 454 g/mol. The van der Waals surface area contributed by atoms with Crippen molar-refractivity contribution in [1.82, 2.24) is 0 Å². The Hall–Kier alpha value is -3.88. The number of anilines is 2. The Kier molecular flexibility index (Phi) is 4.21. The first-order valence-electron chi connectivity index (χ1n) is 11.7. The Morgan fingerprint density at radius 1 is 0.559 bits per heavy atom. The van der Waals surface area contributed by atoms with Gasteiger partial charge in [0.2, 0.25) is 0 Å². The highest BCUT2D eigenvalue weighted by atomic mass is 32.1. The van der Waals surface area contributed by atoms with Gasteiger partial charge >= 0.3 is 0 Å². The Balaban J connectivity index is 1.37. The van der Waals surface area contributed by atoms with Crippen LogP contribution in [0.4, 0.5) is 11.4 Å². The van der Waals surface area contributed by atoms with Crippen molar-refractivity contribution in [1.29, 1.82) is 0 Å². The highest BCUT2D eigenvalue weighted by Crippen LogP contribution is 2.53. The third-order valence-electron chi connectivity index (χ3n) is 7.35. The molecule has 1 heterocycles. The molecule has 1 nitrogen and oxygen atoms in total. The van der Waals surface area contributed by atoms with Gasteiger partial charge in [0.05, 0.1) is 0 Å². The maximum atomic E-state index is 3.78. The summed E-state index contributed by atoms with van der Waals surface area (Å²) in [5.74, 6) is 0. The van der Waals surface area contributed by atoms with E-state index in [4.69, 9.17) is 0 Å². The second-order valence-corrected chi connectivity index (χ2v) is 10.3. The predicted octanol–water partition coefficient (Wildman–Crippen LogP) is 9.13. The minimum Gasteiger partial charge on any atom is -0.355 e. The molecular formula is C32H23NS. The largest absolute Gasteiger partial charge is 0.355 e. The van der Waals surface area contributed by atoms with E-state index in [-0.39, 0.29) is 5.41 Å². The summed E-state index contributed by atoms with van der Waals surface area (Å²) in [4.78, 5) is 0. The smallest absolute Gasteiger partial charge is 0.0456 e. The summed E-state index contributed by atoms with van der Waals surface area (Å²) in [5, 5.41) is 6.44. The first kappa shape index (κ1) is 19.6. The van der Waals surface area contributed by atoms with Gasteiger partial charge in [-0.3, -0.25) is 0 Å². The molecule has 34 heavy (non-hydrogen) atoms. The van der Waals surface area contributed by atoms with E-state index in [0.29, 0.717) is 0 Å². The van der Waals surface area contributed by atoms with Crippen molar-refractivity contribution >= 4 is 42.9 Å². The van der Waals surface area contributed by atoms with Crippen LogP contribution in [0.15, 0.2) is 115 Å². The fraction of sp³-hybridized carbons (Fsp3) is 0.0625. The monoisotopic (exact) mass is 453 g/mol. The van der Waals surface area contributed by atoms with Gasteiger partial charge in [0.25, 0.3) is 0 Å². The molecule has 0 spiro atoms. The molecule has 1 aliphatic rings. The molecule has 0 atom stereocenters. The molecule has 7 rings (SSSR count). The standard InChI is InChI=1S/C32H23NS/c1-32(26-13-5-2-10-22(26)23-11-3-6-14-27(23)32)28-15-7-8-16-29(28)33-21-18-19-25-24-12-4-9-17-30(24)34-31(25)20-21/h2-20,33H,1H3. The van der Waals surface area contributed by atoms with Crippen LogP contribution in [-0.4, -0.2) is 0 Å². The van der Waals surface area contributed by atoms with Crippen molar-refractivity contribution in [3.63, 3.8) is 0 Å². The molecule has 0 aliphatic heterocycles. The van der Waals surface area contributed by atoms with Crippen LogP contribution in [0.1, 0.15) is 23.6 Å². The van der Waals surface area contributed by atoms with Crippen molar-refractivity contribution in [2.24, 2.45) is 0 Å². The lowest BCUT2D eigenvalue weighted by Crippen LogP contribution is -2.23. The van der Waals surface area contributed by atoms with Crippen LogP contribution >= 0.6 is 11.3 Å². The van der Waals surface area contributed by atoms with Crippen LogP contribution < -0.4 is 5.32 Å². The summed E-state index contributed by atoms with van der Waals surface area (Å²) in [7, 11) is 0. The zero-order valence-electron chi connectivity index (χ0n) is 18.9. The molecule has 1 aliphatic carbocycles. The molecule has 0 radical (unpaired) electrons. The first-order valence-corrected chi connectivity index (χ1v) is 12.5. The number of rotatable bonds is 3. The van der Waals surface area contributed by atoms with E-state index in [1.165, 1.54) is 48.0 Å². The summed E-state index contributed by atoms with van der Waals surface area (Å²) in [5.41, 5.74) is 8.74. The van der Waals surface area contributed by atoms with Gasteiger partial charge in [-0.2, -0.15) is 0 Å². The van der Waals surface area contributed by atoms with Crippen LogP contribution in [0.3, 0.4) is 0 Å². The number of benzene rings is 5. The second kappa shape index (κ2) is 7.31. The Morgan fingerprint density at radius 2 is 1.15 bits per heavy atom. The molecule has 1 N–H and O–H groups in total. The topological polar surface area (TPSA) is 12.0 Å². The molecule has 5 aromatic carbocycles. The molecule has 162 valence electrons. The van der Waals surface area contributed by atoms with Gasteiger partial charge in [-0.1, -0.05) is 91.0 Å². The Morgan fingerprint density at radius 3 is 1.91 bits per heavy atom. The van der Waals surface area contributed by atoms with Gasteiger partial charge in [0.15, 0.2) is 0 Å². The van der Waals surface area contributed by atoms with Gasteiger partial charge in [0, 0.05) is 37.0 Å². The number of fused-ring (bicyclic) bond motifs is 6. The SMILES string of the molecule is CC1(c2ccccc2Nc2ccc3c(c2)sc2ccccc23)c2ccccc2-c2ccccc21. The minimum absolute atomic E-state index is 0.224. The molecular weight excluding hydrogens is 430 g/mol. The van der Waals surface area contributed by atoms with E-state index in [9.17, 15) is 0 Å². The van der Waals surface area contributed by atoms with Gasteiger partial charge < -0.3 is 5.32 Å². The lowest BCUT2D eigenvalue weighted by molar-refractivity contribution is 0.716. The number of hydrogen-bond acceptors (Lipinski definition) is 2. The molecule has 6 aromatic rings. The quantitative estimate of drug-likeness (QED) is 0.282. The molecule has 0 saturated heterocycles. The maximum absolute atomic E-state index is 3.78. The Bertz CT molecular complexity index is 1660. The van der Waals surface area contributed by atoms with Crippen LogP contribution in [-0.2, 0) is 5.41 Å². The molecule has 0 fully saturated rings. The number of thiophene rings is 1. The van der Waals surface area contributed by atoms with Gasteiger partial charge in [-0.05, 0) is 59.0 Å². The van der Waals surface area contributed by atoms with E-state index in [1.54, 1.807) is 0 Å². The molecule has 0 bridgehead atoms. The predicted molar refractivity (Wildman–Crippen MR) is 146 cm³/mol. The van der Waals surface area contributed by atoms with Gasteiger partial charge in [-0.25, -0.2) is 0 Å². The van der Waals surface area contributed by atoms with Crippen LogP contribution in [0.2, 0.25) is 0 Å².